The van der Waals surface area contributed by atoms with E-state index < -0.39 is 0 Å². The minimum Gasteiger partial charge on any atom is -0.438 e. The molecule has 0 saturated carbocycles. The van der Waals surface area contributed by atoms with Gasteiger partial charge in [-0.2, -0.15) is 4.99 Å². The van der Waals surface area contributed by atoms with Gasteiger partial charge in [-0.25, -0.2) is 0 Å². The summed E-state index contributed by atoms with van der Waals surface area (Å²) in [5.41, 5.74) is 9.28. The Balaban J connectivity index is 1.37. The van der Waals surface area contributed by atoms with Gasteiger partial charge in [-0.15, -0.1) is 0 Å². The van der Waals surface area contributed by atoms with E-state index in [1.807, 2.05) is 6.07 Å². The topological polar surface area (TPSA) is 45.7 Å². The number of furan rings is 1. The minimum atomic E-state index is -0.141. The van der Waals surface area contributed by atoms with Gasteiger partial charge in [0.1, 0.15) is 17.6 Å². The third-order valence-electron chi connectivity index (χ3n) is 9.18. The summed E-state index contributed by atoms with van der Waals surface area (Å²) in [6.07, 6.45) is 9.89. The summed E-state index contributed by atoms with van der Waals surface area (Å²) in [6.45, 7) is 3.11. The number of rotatable bonds is 2. The summed E-state index contributed by atoms with van der Waals surface area (Å²) < 4.78 is 9.11. The smallest absolute Gasteiger partial charge is 0.229 e. The highest BCUT2D eigenvalue weighted by atomic mass is 16.3. The molecular weight excluding hydrogens is 516 g/mol. The monoisotopic (exact) mass is 546 g/mol. The fourth-order valence-corrected chi connectivity index (χ4v) is 7.24. The predicted octanol–water partition coefficient (Wildman–Crippen LogP) is 8.76. The Hall–Kier alpha value is -5.03. The van der Waals surface area contributed by atoms with Crippen molar-refractivity contribution >= 4 is 62.2 Å². The van der Waals surface area contributed by atoms with Crippen LogP contribution in [0.2, 0.25) is 0 Å². The molecule has 0 saturated heterocycles. The van der Waals surface area contributed by atoms with Gasteiger partial charge in [0.05, 0.1) is 16.8 Å². The molecule has 2 atom stereocenters. The molecule has 4 aromatic carbocycles. The van der Waals surface area contributed by atoms with Crippen LogP contribution < -0.4 is 5.32 Å². The van der Waals surface area contributed by atoms with E-state index in [9.17, 15) is 0 Å². The lowest BCUT2D eigenvalue weighted by Gasteiger charge is -2.37. The zero-order chi connectivity index (χ0) is 27.9. The largest absolute Gasteiger partial charge is 0.438 e. The molecule has 5 nitrogen and oxygen atoms in total. The Kier molecular flexibility index (Phi) is 4.92. The van der Waals surface area contributed by atoms with Crippen molar-refractivity contribution in [3.8, 4) is 0 Å². The third kappa shape index (κ3) is 3.28. The molecule has 42 heavy (non-hydrogen) atoms. The third-order valence-corrected chi connectivity index (χ3v) is 9.18. The van der Waals surface area contributed by atoms with Crippen LogP contribution in [-0.2, 0) is 6.42 Å². The molecule has 6 aromatic rings. The summed E-state index contributed by atoms with van der Waals surface area (Å²) in [5, 5.41) is 8.53. The maximum Gasteiger partial charge on any atom is 0.229 e. The van der Waals surface area contributed by atoms with Gasteiger partial charge in [0.15, 0.2) is 0 Å². The van der Waals surface area contributed by atoms with E-state index in [1.165, 1.54) is 38.5 Å². The predicted molar refractivity (Wildman–Crippen MR) is 174 cm³/mol. The number of fused-ring (bicyclic) bond motifs is 8. The van der Waals surface area contributed by atoms with E-state index in [-0.39, 0.29) is 6.17 Å². The van der Waals surface area contributed by atoms with Crippen LogP contribution in [0.15, 0.2) is 100 Å². The molecule has 1 aliphatic carbocycles. The van der Waals surface area contributed by atoms with Crippen molar-refractivity contribution in [2.75, 3.05) is 18.9 Å². The Morgan fingerprint density at radius 2 is 1.74 bits per heavy atom. The second-order valence-corrected chi connectivity index (χ2v) is 11.8. The van der Waals surface area contributed by atoms with Crippen molar-refractivity contribution in [1.82, 2.24) is 9.47 Å². The molecule has 0 bridgehead atoms. The molecule has 2 unspecified atom stereocenters. The van der Waals surface area contributed by atoms with Gasteiger partial charge < -0.3 is 19.2 Å². The highest BCUT2D eigenvalue weighted by Gasteiger charge is 2.38. The molecule has 9 rings (SSSR count). The molecule has 2 aliphatic heterocycles. The van der Waals surface area contributed by atoms with Crippen LogP contribution >= 0.6 is 0 Å². The number of amidine groups is 1. The normalized spacial score (nSPS) is 19.1. The van der Waals surface area contributed by atoms with Crippen molar-refractivity contribution in [2.45, 2.75) is 19.5 Å². The Morgan fingerprint density at radius 3 is 2.64 bits per heavy atom. The highest BCUT2D eigenvalue weighted by Crippen LogP contribution is 2.48. The van der Waals surface area contributed by atoms with E-state index in [0.717, 1.165) is 46.6 Å². The quantitative estimate of drug-likeness (QED) is 0.236. The summed E-state index contributed by atoms with van der Waals surface area (Å²) in [5.74, 6) is 2.05. The summed E-state index contributed by atoms with van der Waals surface area (Å²) in [4.78, 5) is 7.60. The number of aromatic nitrogens is 1. The van der Waals surface area contributed by atoms with Crippen molar-refractivity contribution in [3.63, 3.8) is 0 Å². The van der Waals surface area contributed by atoms with E-state index in [4.69, 9.17) is 9.41 Å². The van der Waals surface area contributed by atoms with Gasteiger partial charge in [-0.1, -0.05) is 85.8 Å². The average Bonchev–Trinajstić information content (AvgIpc) is 3.54. The van der Waals surface area contributed by atoms with Crippen molar-refractivity contribution < 1.29 is 4.42 Å². The number of allylic oxidation sites excluding steroid dienone is 1. The summed E-state index contributed by atoms with van der Waals surface area (Å²) in [7, 11) is 2.19. The van der Waals surface area contributed by atoms with Crippen LogP contribution in [0.4, 0.5) is 11.6 Å². The highest BCUT2D eigenvalue weighted by molar-refractivity contribution is 6.09. The van der Waals surface area contributed by atoms with Crippen molar-refractivity contribution in [2.24, 2.45) is 10.9 Å². The van der Waals surface area contributed by atoms with E-state index >= 15 is 0 Å². The lowest BCUT2D eigenvalue weighted by atomic mass is 9.94. The molecule has 0 amide bonds. The lowest BCUT2D eigenvalue weighted by Crippen LogP contribution is -2.39. The number of hydrogen-bond acceptors (Lipinski definition) is 4. The summed E-state index contributed by atoms with van der Waals surface area (Å²) in [6, 6.07) is 28.2. The Morgan fingerprint density at radius 1 is 0.905 bits per heavy atom. The van der Waals surface area contributed by atoms with Crippen LogP contribution in [0, 0.1) is 5.92 Å². The molecule has 4 heterocycles. The number of aliphatic imine (C=N–C) groups is 1. The second-order valence-electron chi connectivity index (χ2n) is 11.8. The van der Waals surface area contributed by atoms with Crippen molar-refractivity contribution in [1.29, 1.82) is 0 Å². The minimum absolute atomic E-state index is 0.141. The average molecular weight is 547 g/mol. The standard InChI is InChI=1S/C37H30N4O/c1-22-16-17-26-29-20-24-9-3-4-10-25(24)21-31(29)41(30(26)19-22)37-33-27-13-5-6-15-32(27)42-36(33)39-35(40(37)2)28-14-7-11-23-12-8-18-38-34(23)28/h3-17,20-22,37-38H,18-19H2,1-2H3. The van der Waals surface area contributed by atoms with Gasteiger partial charge >= 0.3 is 0 Å². The molecule has 0 spiro atoms. The lowest BCUT2D eigenvalue weighted by molar-refractivity contribution is 0.320. The molecule has 204 valence electrons. The van der Waals surface area contributed by atoms with Gasteiger partial charge in [0.2, 0.25) is 5.88 Å². The van der Waals surface area contributed by atoms with E-state index in [2.05, 4.69) is 126 Å². The van der Waals surface area contributed by atoms with E-state index in [0.29, 0.717) is 11.8 Å². The number of para-hydroxylation sites is 2. The van der Waals surface area contributed by atoms with Gasteiger partial charge in [-0.05, 0) is 52.9 Å². The first kappa shape index (κ1) is 23.7. The van der Waals surface area contributed by atoms with Gasteiger partial charge in [0, 0.05) is 41.2 Å². The molecule has 3 aliphatic rings. The fraction of sp³-hybridized carbons (Fsp3) is 0.162. The zero-order valence-corrected chi connectivity index (χ0v) is 23.6. The number of nitrogens with zero attached hydrogens (tertiary/aromatic N) is 3. The second kappa shape index (κ2) is 8.73. The molecule has 5 heteroatoms. The molecular formula is C37H30N4O. The zero-order valence-electron chi connectivity index (χ0n) is 23.6. The summed E-state index contributed by atoms with van der Waals surface area (Å²) >= 11 is 0. The van der Waals surface area contributed by atoms with E-state index in [1.54, 1.807) is 0 Å². The number of nitrogens with one attached hydrogen (secondary N) is 1. The number of hydrogen-bond donors (Lipinski definition) is 1. The first-order valence-corrected chi connectivity index (χ1v) is 14.8. The van der Waals surface area contributed by atoms with Crippen LogP contribution in [-0.4, -0.2) is 28.9 Å². The Labute approximate surface area is 244 Å². The van der Waals surface area contributed by atoms with Crippen LogP contribution in [0.25, 0.3) is 44.8 Å². The van der Waals surface area contributed by atoms with Crippen LogP contribution in [0.3, 0.4) is 0 Å². The van der Waals surface area contributed by atoms with Crippen LogP contribution in [0.1, 0.15) is 41.0 Å². The SMILES string of the molecule is CC1C=Cc2c(n(C3c4c(oc5ccccc45)N=C(c4cccc5c4NCC=C5)N3C)c3cc4ccccc4cc23)C1. The van der Waals surface area contributed by atoms with Gasteiger partial charge in [0.25, 0.3) is 0 Å². The molecule has 1 N–H and O–H groups in total. The fourth-order valence-electron chi connectivity index (χ4n) is 7.24. The first-order valence-electron chi connectivity index (χ1n) is 14.8. The van der Waals surface area contributed by atoms with Gasteiger partial charge in [-0.3, -0.25) is 0 Å². The number of anilines is 1. The van der Waals surface area contributed by atoms with Crippen molar-refractivity contribution in [3.05, 3.63) is 119 Å². The maximum atomic E-state index is 6.53. The first-order chi connectivity index (χ1) is 20.7. The number of benzene rings is 4. The maximum absolute atomic E-state index is 6.53. The Bertz CT molecular complexity index is 2180. The van der Waals surface area contributed by atoms with Crippen LogP contribution in [0.5, 0.6) is 0 Å². The molecule has 0 radical (unpaired) electrons. The molecule has 0 fully saturated rings. The molecule has 2 aromatic heterocycles.